The Morgan fingerprint density at radius 2 is 1.56 bits per heavy atom. The van der Waals surface area contributed by atoms with Crippen LogP contribution in [0.2, 0.25) is 0 Å². The molecule has 0 aromatic rings. The first-order chi connectivity index (χ1) is 24.4. The molecular weight excluding hydrogens is 680 g/mol. The summed E-state index contributed by atoms with van der Waals surface area (Å²) in [5.74, 6) is -0.584. The molecular formula is C38H66O14. The van der Waals surface area contributed by atoms with E-state index in [1.807, 2.05) is 20.8 Å². The van der Waals surface area contributed by atoms with Crippen molar-refractivity contribution < 1.29 is 69.6 Å². The first-order valence-corrected chi connectivity index (χ1v) is 19.6. The summed E-state index contributed by atoms with van der Waals surface area (Å²) in [5, 5.41) is 99.6. The minimum atomic E-state index is -1.50. The Kier molecular flexibility index (Phi) is 11.9. The second kappa shape index (κ2) is 15.1. The van der Waals surface area contributed by atoms with Crippen LogP contribution in [0.1, 0.15) is 92.4 Å². The van der Waals surface area contributed by atoms with Gasteiger partial charge in [0.25, 0.3) is 0 Å². The molecule has 14 heteroatoms. The van der Waals surface area contributed by atoms with Crippen LogP contribution in [0.3, 0.4) is 0 Å². The van der Waals surface area contributed by atoms with Gasteiger partial charge in [-0.15, -0.1) is 0 Å². The largest absolute Gasteiger partial charge is 0.394 e. The van der Waals surface area contributed by atoms with Crippen molar-refractivity contribution in [1.82, 2.24) is 0 Å². The Morgan fingerprint density at radius 1 is 0.846 bits per heavy atom. The molecule has 52 heavy (non-hydrogen) atoms. The van der Waals surface area contributed by atoms with Crippen molar-refractivity contribution in [1.29, 1.82) is 0 Å². The Morgan fingerprint density at radius 3 is 2.21 bits per heavy atom. The van der Waals surface area contributed by atoms with E-state index in [0.29, 0.717) is 32.1 Å². The molecule has 4 saturated carbocycles. The topological polar surface area (TPSA) is 228 Å². The third kappa shape index (κ3) is 6.61. The van der Waals surface area contributed by atoms with Crippen molar-refractivity contribution >= 4 is 0 Å². The molecule has 6 aliphatic rings. The minimum absolute atomic E-state index is 0.0299. The fraction of sp³-hybridized carbons (Fsp3) is 1.00. The number of ether oxygens (including phenoxy) is 5. The Labute approximate surface area is 307 Å². The van der Waals surface area contributed by atoms with E-state index in [-0.39, 0.29) is 49.2 Å². The van der Waals surface area contributed by atoms with Gasteiger partial charge in [-0.3, -0.25) is 0 Å². The van der Waals surface area contributed by atoms with Crippen LogP contribution in [0.25, 0.3) is 0 Å². The SMILES string of the molecule is CO[C@H]1[C@H](O[C@H]2[C@H](OC(CCC(C)[C@H]3C[C@H](O)C4[C@]5(O)C[C@@H](O)[C@@]6(O)C[C@@H](O)CC[C@]6(C)C5CC[C@@]43C)C(C)C)O[C@@H](CO)[C@@H]2O)OC[C@@H](O)[C@@H]1O. The number of rotatable bonds is 11. The second-order valence-electron chi connectivity index (χ2n) is 18.2. The molecule has 20 atom stereocenters. The van der Waals surface area contributed by atoms with Gasteiger partial charge in [0.2, 0.25) is 0 Å². The average molecular weight is 747 g/mol. The number of hydrogen-bond donors (Lipinski definition) is 9. The standard InChI is InChI=1S/C38H66O14/c1-18(2)24(50-34-31(29(45)25(16-39)51-34)52-33-30(48-6)28(44)23(42)17-49-33)8-7-19(3)21-13-22(41)32-35(21,4)11-10-26-36(5)12-9-20(40)14-38(36,47)27(43)15-37(26,32)46/h18-34,39-47H,7-17H2,1-6H3/t19?,20-,21+,22-,23+,24?,25-,26?,27+,28-,29-,30+,31+,32?,33-,34+,35+,36+,37-,38-/m0/s1. The first-order valence-electron chi connectivity index (χ1n) is 19.6. The Balaban J connectivity index is 1.14. The van der Waals surface area contributed by atoms with Gasteiger partial charge in [0.1, 0.15) is 36.6 Å². The van der Waals surface area contributed by atoms with E-state index < -0.39 is 102 Å². The molecule has 0 spiro atoms. The third-order valence-electron chi connectivity index (χ3n) is 15.0. The highest BCUT2D eigenvalue weighted by Gasteiger charge is 2.74. The van der Waals surface area contributed by atoms with Crippen molar-refractivity contribution in [2.24, 2.45) is 40.4 Å². The molecule has 2 heterocycles. The van der Waals surface area contributed by atoms with Gasteiger partial charge in [0.15, 0.2) is 12.6 Å². The zero-order chi connectivity index (χ0) is 38.1. The lowest BCUT2D eigenvalue weighted by Gasteiger charge is -2.68. The third-order valence-corrected chi connectivity index (χ3v) is 15.0. The molecule has 6 rings (SSSR count). The molecule has 302 valence electrons. The maximum Gasteiger partial charge on any atom is 0.187 e. The van der Waals surface area contributed by atoms with Gasteiger partial charge >= 0.3 is 0 Å². The smallest absolute Gasteiger partial charge is 0.187 e. The van der Waals surface area contributed by atoms with Gasteiger partial charge in [-0.25, -0.2) is 0 Å². The zero-order valence-electron chi connectivity index (χ0n) is 31.7. The van der Waals surface area contributed by atoms with Crippen LogP contribution in [0.4, 0.5) is 0 Å². The maximum atomic E-state index is 12.6. The van der Waals surface area contributed by atoms with Crippen LogP contribution in [0, 0.1) is 40.4 Å². The van der Waals surface area contributed by atoms with Crippen LogP contribution < -0.4 is 0 Å². The average Bonchev–Trinajstić information content (AvgIpc) is 3.53. The van der Waals surface area contributed by atoms with Gasteiger partial charge in [-0.05, 0) is 74.0 Å². The van der Waals surface area contributed by atoms with Crippen molar-refractivity contribution in [2.75, 3.05) is 20.3 Å². The van der Waals surface area contributed by atoms with Crippen LogP contribution >= 0.6 is 0 Å². The number of aliphatic hydroxyl groups is 9. The first kappa shape index (κ1) is 41.1. The maximum absolute atomic E-state index is 12.6. The molecule has 4 unspecified atom stereocenters. The zero-order valence-corrected chi connectivity index (χ0v) is 31.7. The lowest BCUT2D eigenvalue weighted by Crippen LogP contribution is -2.75. The van der Waals surface area contributed by atoms with Gasteiger partial charge in [0, 0.05) is 31.3 Å². The van der Waals surface area contributed by atoms with E-state index in [1.54, 1.807) is 0 Å². The number of aliphatic hydroxyl groups excluding tert-OH is 7. The molecule has 0 aromatic carbocycles. The molecule has 2 saturated heterocycles. The lowest BCUT2D eigenvalue weighted by atomic mass is 9.40. The highest BCUT2D eigenvalue weighted by atomic mass is 16.8. The van der Waals surface area contributed by atoms with Crippen LogP contribution in [-0.4, -0.2) is 151 Å². The highest BCUT2D eigenvalue weighted by molar-refractivity contribution is 5.24. The normalized spacial score (nSPS) is 53.3. The summed E-state index contributed by atoms with van der Waals surface area (Å²) in [6.07, 6.45) is -7.77. The van der Waals surface area contributed by atoms with E-state index in [9.17, 15) is 46.0 Å². The van der Waals surface area contributed by atoms with Crippen LogP contribution in [0.5, 0.6) is 0 Å². The molecule has 9 N–H and O–H groups in total. The predicted octanol–water partition coefficient (Wildman–Crippen LogP) is 0.192. The van der Waals surface area contributed by atoms with Crippen LogP contribution in [0.15, 0.2) is 0 Å². The molecule has 0 amide bonds. The van der Waals surface area contributed by atoms with Gasteiger partial charge in [-0.2, -0.15) is 0 Å². The van der Waals surface area contributed by atoms with Crippen molar-refractivity contribution in [2.45, 2.75) is 177 Å². The highest BCUT2D eigenvalue weighted by Crippen LogP contribution is 2.70. The monoisotopic (exact) mass is 746 g/mol. The second-order valence-corrected chi connectivity index (χ2v) is 18.2. The summed E-state index contributed by atoms with van der Waals surface area (Å²) in [6.45, 7) is 9.67. The van der Waals surface area contributed by atoms with Crippen LogP contribution in [-0.2, 0) is 23.7 Å². The molecule has 0 aromatic heterocycles. The summed E-state index contributed by atoms with van der Waals surface area (Å²) < 4.78 is 29.5. The number of methoxy groups -OCH3 is 1. The molecule has 6 fully saturated rings. The van der Waals surface area contributed by atoms with E-state index in [4.69, 9.17) is 23.7 Å². The lowest BCUT2D eigenvalue weighted by molar-refractivity contribution is -0.315. The van der Waals surface area contributed by atoms with Gasteiger partial charge < -0.3 is 69.6 Å². The molecule has 0 radical (unpaired) electrons. The summed E-state index contributed by atoms with van der Waals surface area (Å²) >= 11 is 0. The fourth-order valence-electron chi connectivity index (χ4n) is 12.1. The quantitative estimate of drug-likeness (QED) is 0.138. The number of hydrogen-bond acceptors (Lipinski definition) is 14. The van der Waals surface area contributed by atoms with E-state index in [0.717, 1.165) is 12.8 Å². The summed E-state index contributed by atoms with van der Waals surface area (Å²) in [6, 6.07) is 0. The van der Waals surface area contributed by atoms with Gasteiger partial charge in [0.05, 0.1) is 48.8 Å². The van der Waals surface area contributed by atoms with E-state index >= 15 is 0 Å². The summed E-state index contributed by atoms with van der Waals surface area (Å²) in [7, 11) is 1.35. The Hall–Kier alpha value is -0.560. The molecule has 4 aliphatic carbocycles. The Bertz CT molecular complexity index is 1230. The number of fused-ring (bicyclic) bond motifs is 5. The van der Waals surface area contributed by atoms with E-state index in [2.05, 4.69) is 13.8 Å². The molecule has 0 bridgehead atoms. The minimum Gasteiger partial charge on any atom is -0.394 e. The summed E-state index contributed by atoms with van der Waals surface area (Å²) in [5.41, 5.74) is -4.09. The van der Waals surface area contributed by atoms with Crippen molar-refractivity contribution in [3.63, 3.8) is 0 Å². The van der Waals surface area contributed by atoms with Crippen molar-refractivity contribution in [3.8, 4) is 0 Å². The van der Waals surface area contributed by atoms with Crippen molar-refractivity contribution in [3.05, 3.63) is 0 Å². The van der Waals surface area contributed by atoms with E-state index in [1.165, 1.54) is 7.11 Å². The van der Waals surface area contributed by atoms with Gasteiger partial charge in [-0.1, -0.05) is 34.6 Å². The predicted molar refractivity (Wildman–Crippen MR) is 184 cm³/mol. The molecule has 14 nitrogen and oxygen atoms in total. The fourth-order valence-corrected chi connectivity index (χ4v) is 12.1. The summed E-state index contributed by atoms with van der Waals surface area (Å²) in [4.78, 5) is 0. The molecule has 2 aliphatic heterocycles.